The van der Waals surface area contributed by atoms with Crippen LogP contribution in [0.3, 0.4) is 0 Å². The summed E-state index contributed by atoms with van der Waals surface area (Å²) in [4.78, 5) is 100. The average Bonchev–Trinajstić information content (AvgIpc) is 1.53. The van der Waals surface area contributed by atoms with Crippen LogP contribution in [-0.4, -0.2) is 90.6 Å². The molecular weight excluding hydrogens is 1120 g/mol. The lowest BCUT2D eigenvalue weighted by atomic mass is 9.67. The monoisotopic (exact) mass is 1210 g/mol. The first-order valence-corrected chi connectivity index (χ1v) is 30.6. The van der Waals surface area contributed by atoms with Gasteiger partial charge in [-0.2, -0.15) is 0 Å². The summed E-state index contributed by atoms with van der Waals surface area (Å²) in [6.07, 6.45) is 2.07. The third kappa shape index (κ3) is 15.0. The van der Waals surface area contributed by atoms with Gasteiger partial charge in [-0.05, 0) is 201 Å². The van der Waals surface area contributed by atoms with Crippen molar-refractivity contribution in [2.45, 2.75) is 230 Å². The van der Waals surface area contributed by atoms with Crippen molar-refractivity contribution in [1.29, 1.82) is 0 Å². The fourth-order valence-corrected chi connectivity index (χ4v) is 14.2. The van der Waals surface area contributed by atoms with E-state index in [0.717, 1.165) is 66.8 Å². The van der Waals surface area contributed by atoms with Crippen molar-refractivity contribution in [2.24, 2.45) is 0 Å². The molecule has 472 valence electrons. The molecular formula is C72H88O16. The first-order chi connectivity index (χ1) is 41.0. The zero-order chi connectivity index (χ0) is 65.0. The summed E-state index contributed by atoms with van der Waals surface area (Å²) in [5.41, 5.74) is 5.01. The second kappa shape index (κ2) is 26.1. The number of allylic oxidation sites excluding steroid dienone is 4. The molecule has 0 fully saturated rings. The molecule has 0 amide bonds. The molecule has 0 aromatic heterocycles. The normalized spacial score (nSPS) is 16.1. The summed E-state index contributed by atoms with van der Waals surface area (Å²) in [5, 5.41) is 38.3. The Morgan fingerprint density at radius 3 is 0.602 bits per heavy atom. The summed E-state index contributed by atoms with van der Waals surface area (Å²) < 4.78 is 23.2. The van der Waals surface area contributed by atoms with Crippen molar-refractivity contribution in [3.05, 3.63) is 142 Å². The minimum atomic E-state index is -0.995. The minimum absolute atomic E-state index is 0.127. The topological polar surface area (TPSA) is 254 Å². The van der Waals surface area contributed by atoms with Crippen molar-refractivity contribution >= 4 is 70.0 Å². The van der Waals surface area contributed by atoms with Gasteiger partial charge < -0.3 is 39.4 Å². The number of carbonyl (C=O) groups is 8. The summed E-state index contributed by atoms with van der Waals surface area (Å²) in [6, 6.07) is 31.3. The van der Waals surface area contributed by atoms with Crippen molar-refractivity contribution in [1.82, 2.24) is 0 Å². The molecule has 0 saturated carbocycles. The van der Waals surface area contributed by atoms with Crippen LogP contribution in [0.2, 0.25) is 0 Å². The number of carboxylic acids is 4. The van der Waals surface area contributed by atoms with Crippen LogP contribution < -0.4 is 0 Å². The van der Waals surface area contributed by atoms with Gasteiger partial charge in [-0.15, -0.1) is 0 Å². The number of carboxylic acid groups (broad SMARTS) is 4. The first-order valence-electron chi connectivity index (χ1n) is 30.6. The molecule has 4 aliphatic carbocycles. The second-order valence-corrected chi connectivity index (χ2v) is 27.9. The number of hydrogen-bond acceptors (Lipinski definition) is 12. The Kier molecular flexibility index (Phi) is 20.0. The Labute approximate surface area is 517 Å². The van der Waals surface area contributed by atoms with Crippen molar-refractivity contribution in [3.8, 4) is 0 Å². The van der Waals surface area contributed by atoms with Gasteiger partial charge in [0.25, 0.3) is 0 Å². The zero-order valence-corrected chi connectivity index (χ0v) is 53.2. The van der Waals surface area contributed by atoms with E-state index in [0.29, 0.717) is 25.7 Å². The molecule has 0 heterocycles. The Balaban J connectivity index is 0.000000268. The number of ether oxygens (including phenoxy) is 4. The smallest absolute Gasteiger partial charge is 0.306 e. The van der Waals surface area contributed by atoms with Gasteiger partial charge in [0.05, 0.1) is 0 Å². The van der Waals surface area contributed by atoms with E-state index in [1.807, 2.05) is 156 Å². The summed E-state index contributed by atoms with van der Waals surface area (Å²) in [5.74, 6) is -5.25. The minimum Gasteiger partial charge on any atom is -0.481 e. The molecule has 0 aliphatic heterocycles. The first kappa shape index (κ1) is 67.6. The van der Waals surface area contributed by atoms with Crippen LogP contribution in [0.15, 0.2) is 97.1 Å². The lowest BCUT2D eigenvalue weighted by Gasteiger charge is -2.36. The third-order valence-electron chi connectivity index (χ3n) is 17.0. The van der Waals surface area contributed by atoms with Gasteiger partial charge in [-0.3, -0.25) is 38.4 Å². The lowest BCUT2D eigenvalue weighted by molar-refractivity contribution is -0.157. The number of hydrogen-bond donors (Lipinski definition) is 4. The van der Waals surface area contributed by atoms with Crippen molar-refractivity contribution in [2.75, 3.05) is 0 Å². The van der Waals surface area contributed by atoms with E-state index in [2.05, 4.69) is 24.3 Å². The quantitative estimate of drug-likeness (QED) is 0.0376. The molecule has 0 radical (unpaired) electrons. The fourth-order valence-electron chi connectivity index (χ4n) is 14.2. The Hall–Kier alpha value is -7.88. The molecule has 0 spiro atoms. The Morgan fingerprint density at radius 1 is 0.284 bits per heavy atom. The molecule has 0 atom stereocenters. The standard InChI is InChI=1S/C44H60O8.C28H28O8/c1-39(2,3)49-33(45)21-25-43(26-22-34(46)50-40(4,5)6)31-19-15-13-17-29(31)38-37(43)30-18-14-16-20-32(30)44(38,27-23-35(47)51-41(7,8)9)28-24-36(48)52-42(10,11)12;29-21(30)9-13-27(14-10-22(31)32)19-7-3-1-5-17(19)25-26(27)18-6-2-4-8-20(18)28(25,15-11-23(33)34)16-12-24(35)36/h13-20H,21-28H2,1-12H3;1-8H,9-16H2,(H,29,30)(H,31,32)(H,33,34)(H,35,36). The Bertz CT molecular complexity index is 3090. The van der Waals surface area contributed by atoms with Gasteiger partial charge in [0.1, 0.15) is 22.4 Å². The SMILES string of the molecule is CC(C)(C)OC(=O)CCC1(CCC(=O)OC(C)(C)C)C2=C(c3ccccc31)C(CCC(=O)OC(C)(C)C)(CCC(=O)OC(C)(C)C)c1ccccc12.O=C(O)CCC1(CCC(=O)O)C2=C(c3ccccc31)C(CCC(=O)O)(CCC(=O)O)c1ccccc12. The molecule has 0 unspecified atom stereocenters. The highest BCUT2D eigenvalue weighted by atomic mass is 16.6. The predicted molar refractivity (Wildman–Crippen MR) is 334 cm³/mol. The van der Waals surface area contributed by atoms with Crippen LogP contribution in [0, 0.1) is 0 Å². The molecule has 8 rings (SSSR count). The van der Waals surface area contributed by atoms with E-state index in [1.54, 1.807) is 0 Å². The lowest BCUT2D eigenvalue weighted by Crippen LogP contribution is -2.32. The van der Waals surface area contributed by atoms with E-state index in [-0.39, 0.29) is 101 Å². The second-order valence-electron chi connectivity index (χ2n) is 27.9. The molecule has 4 aromatic carbocycles. The van der Waals surface area contributed by atoms with E-state index in [1.165, 1.54) is 0 Å². The summed E-state index contributed by atoms with van der Waals surface area (Å²) in [6.45, 7) is 22.2. The van der Waals surface area contributed by atoms with Gasteiger partial charge in [0.15, 0.2) is 0 Å². The van der Waals surface area contributed by atoms with E-state index < -0.39 is 67.9 Å². The molecule has 0 saturated heterocycles. The van der Waals surface area contributed by atoms with Gasteiger partial charge in [-0.1, -0.05) is 97.1 Å². The molecule has 88 heavy (non-hydrogen) atoms. The number of rotatable bonds is 24. The van der Waals surface area contributed by atoms with E-state index in [4.69, 9.17) is 18.9 Å². The van der Waals surface area contributed by atoms with E-state index in [9.17, 15) is 58.8 Å². The van der Waals surface area contributed by atoms with Gasteiger partial charge in [0, 0.05) is 73.0 Å². The van der Waals surface area contributed by atoms with Crippen LogP contribution >= 0.6 is 0 Å². The maximum Gasteiger partial charge on any atom is 0.306 e. The Morgan fingerprint density at radius 2 is 0.443 bits per heavy atom. The third-order valence-corrected chi connectivity index (χ3v) is 17.0. The van der Waals surface area contributed by atoms with Crippen molar-refractivity contribution < 1.29 is 77.7 Å². The number of aliphatic carboxylic acids is 4. The number of carbonyl (C=O) groups excluding carboxylic acids is 4. The van der Waals surface area contributed by atoms with Gasteiger partial charge in [0.2, 0.25) is 0 Å². The van der Waals surface area contributed by atoms with Crippen LogP contribution in [0.1, 0.15) is 230 Å². The molecule has 0 bridgehead atoms. The highest BCUT2D eigenvalue weighted by Crippen LogP contribution is 2.69. The highest BCUT2D eigenvalue weighted by molar-refractivity contribution is 6.12. The maximum atomic E-state index is 13.4. The molecule has 16 nitrogen and oxygen atoms in total. The zero-order valence-electron chi connectivity index (χ0n) is 53.2. The average molecular weight is 1210 g/mol. The fraction of sp³-hybridized carbons (Fsp3) is 0.500. The van der Waals surface area contributed by atoms with Gasteiger partial charge >= 0.3 is 47.8 Å². The molecule has 16 heteroatoms. The predicted octanol–water partition coefficient (Wildman–Crippen LogP) is 14.1. The van der Waals surface area contributed by atoms with Crippen LogP contribution in [-0.2, 0) is 79.0 Å². The number of fused-ring (bicyclic) bond motifs is 8. The number of esters is 4. The molecule has 4 aromatic rings. The summed E-state index contributed by atoms with van der Waals surface area (Å²) >= 11 is 0. The van der Waals surface area contributed by atoms with Gasteiger partial charge in [-0.25, -0.2) is 0 Å². The van der Waals surface area contributed by atoms with Crippen LogP contribution in [0.25, 0.3) is 22.3 Å². The molecule has 4 N–H and O–H groups in total. The number of benzene rings is 4. The van der Waals surface area contributed by atoms with Crippen LogP contribution in [0.5, 0.6) is 0 Å². The van der Waals surface area contributed by atoms with E-state index >= 15 is 0 Å². The maximum absolute atomic E-state index is 13.4. The highest BCUT2D eigenvalue weighted by Gasteiger charge is 2.58. The largest absolute Gasteiger partial charge is 0.481 e. The van der Waals surface area contributed by atoms with Crippen molar-refractivity contribution in [3.63, 3.8) is 0 Å². The molecule has 4 aliphatic rings. The van der Waals surface area contributed by atoms with Crippen LogP contribution in [0.4, 0.5) is 0 Å². The summed E-state index contributed by atoms with van der Waals surface area (Å²) in [7, 11) is 0.